The summed E-state index contributed by atoms with van der Waals surface area (Å²) in [6, 6.07) is 23.7. The maximum atomic E-state index is 12.4. The number of ether oxygens (including phenoxy) is 1. The number of rotatable bonds is 9. The SMILES string of the molecule is Cc1ccc(C[Se]CCC(NC(=O)OCC2c3ccccc3-c3ccccc32)C(=O)O)cc1. The van der Waals surface area contributed by atoms with Gasteiger partial charge in [-0.2, -0.15) is 0 Å². The summed E-state index contributed by atoms with van der Waals surface area (Å²) in [5.74, 6) is -1.08. The predicted molar refractivity (Wildman–Crippen MR) is 130 cm³/mol. The van der Waals surface area contributed by atoms with Crippen molar-refractivity contribution in [3.05, 3.63) is 95.1 Å². The van der Waals surface area contributed by atoms with Gasteiger partial charge >= 0.3 is 200 Å². The van der Waals surface area contributed by atoms with E-state index in [1.54, 1.807) is 0 Å². The third-order valence-electron chi connectivity index (χ3n) is 5.87. The Bertz CT molecular complexity index is 1080. The third kappa shape index (κ3) is 5.65. The van der Waals surface area contributed by atoms with Crippen molar-refractivity contribution < 1.29 is 19.4 Å². The van der Waals surface area contributed by atoms with Crippen LogP contribution in [0.2, 0.25) is 5.32 Å². The van der Waals surface area contributed by atoms with Gasteiger partial charge in [0.2, 0.25) is 0 Å². The van der Waals surface area contributed by atoms with Crippen molar-refractivity contribution in [1.82, 2.24) is 5.32 Å². The second-order valence-corrected chi connectivity index (χ2v) is 10.5. The molecule has 1 aliphatic carbocycles. The van der Waals surface area contributed by atoms with Crippen LogP contribution in [0.5, 0.6) is 0 Å². The second kappa shape index (κ2) is 10.7. The van der Waals surface area contributed by atoms with Crippen molar-refractivity contribution in [2.45, 2.75) is 35.9 Å². The molecule has 0 aliphatic heterocycles. The van der Waals surface area contributed by atoms with Gasteiger partial charge in [-0.1, -0.05) is 0 Å². The van der Waals surface area contributed by atoms with Gasteiger partial charge in [-0.05, 0) is 0 Å². The average Bonchev–Trinajstić information content (AvgIpc) is 3.14. The summed E-state index contributed by atoms with van der Waals surface area (Å²) in [6.45, 7) is 2.23. The summed E-state index contributed by atoms with van der Waals surface area (Å²) >= 11 is 0.270. The number of hydrogen-bond donors (Lipinski definition) is 2. The number of carbonyl (C=O) groups is 2. The van der Waals surface area contributed by atoms with Crippen LogP contribution < -0.4 is 5.32 Å². The molecule has 0 bridgehead atoms. The molecule has 0 radical (unpaired) electrons. The number of hydrogen-bond acceptors (Lipinski definition) is 3. The molecule has 1 amide bonds. The van der Waals surface area contributed by atoms with Crippen LogP contribution in [-0.2, 0) is 14.9 Å². The molecule has 3 aromatic rings. The molecule has 0 saturated carbocycles. The van der Waals surface area contributed by atoms with Crippen molar-refractivity contribution in [2.75, 3.05) is 6.61 Å². The first-order chi connectivity index (χ1) is 16.0. The number of aryl methyl sites for hydroxylation is 1. The maximum absolute atomic E-state index is 12.4. The zero-order valence-corrected chi connectivity index (χ0v) is 20.2. The second-order valence-electron chi connectivity index (χ2n) is 8.19. The predicted octanol–water partition coefficient (Wildman–Crippen LogP) is 5.00. The van der Waals surface area contributed by atoms with E-state index in [9.17, 15) is 14.7 Å². The van der Waals surface area contributed by atoms with Crippen LogP contribution in [0.4, 0.5) is 4.79 Å². The molecule has 3 aromatic carbocycles. The molecule has 1 unspecified atom stereocenters. The average molecular weight is 508 g/mol. The standard InChI is InChI=1S/C27H27NO4Se/c1-18-10-12-19(13-11-18)17-33-15-14-25(26(29)30)28-27(31)32-16-24-22-8-4-2-6-20(22)21-7-3-5-9-23(21)24/h2-13,24-25H,14-17H2,1H3,(H,28,31)(H,29,30). The Labute approximate surface area is 200 Å². The fourth-order valence-electron chi connectivity index (χ4n) is 4.12. The molecule has 0 fully saturated rings. The van der Waals surface area contributed by atoms with E-state index in [0.29, 0.717) is 6.42 Å². The summed E-state index contributed by atoms with van der Waals surface area (Å²) in [4.78, 5) is 24.1. The van der Waals surface area contributed by atoms with E-state index in [1.165, 1.54) is 11.1 Å². The van der Waals surface area contributed by atoms with Crippen LogP contribution in [0.15, 0.2) is 72.8 Å². The summed E-state index contributed by atoms with van der Waals surface area (Å²) < 4.78 is 5.50. The third-order valence-corrected chi connectivity index (χ3v) is 8.10. The Balaban J connectivity index is 1.29. The summed E-state index contributed by atoms with van der Waals surface area (Å²) in [5.41, 5.74) is 7.05. The summed E-state index contributed by atoms with van der Waals surface area (Å²) in [6.07, 6.45) is -0.291. The first-order valence-corrected chi connectivity index (χ1v) is 13.4. The number of carboxylic acid groups (broad SMARTS) is 1. The van der Waals surface area contributed by atoms with Crippen LogP contribution in [0.25, 0.3) is 11.1 Å². The van der Waals surface area contributed by atoms with Crippen LogP contribution >= 0.6 is 0 Å². The minimum atomic E-state index is -1.03. The summed E-state index contributed by atoms with van der Waals surface area (Å²) in [5, 5.41) is 13.8. The molecule has 1 aliphatic rings. The Morgan fingerprint density at radius 1 is 0.970 bits per heavy atom. The van der Waals surface area contributed by atoms with Crippen LogP contribution in [0.1, 0.15) is 34.6 Å². The van der Waals surface area contributed by atoms with Crippen molar-refractivity contribution >= 4 is 27.0 Å². The quantitative estimate of drug-likeness (QED) is 0.315. The van der Waals surface area contributed by atoms with Gasteiger partial charge in [-0.25, -0.2) is 0 Å². The van der Waals surface area contributed by atoms with Crippen LogP contribution in [-0.4, -0.2) is 44.8 Å². The molecule has 33 heavy (non-hydrogen) atoms. The molecule has 0 heterocycles. The molecule has 5 nitrogen and oxygen atoms in total. The fraction of sp³-hybridized carbons (Fsp3) is 0.259. The Morgan fingerprint density at radius 2 is 1.58 bits per heavy atom. The summed E-state index contributed by atoms with van der Waals surface area (Å²) in [7, 11) is 0. The van der Waals surface area contributed by atoms with Gasteiger partial charge in [0.1, 0.15) is 0 Å². The molecule has 2 N–H and O–H groups in total. The number of nitrogens with one attached hydrogen (secondary N) is 1. The molecular formula is C27H27NO4Se. The number of fused-ring (bicyclic) bond motifs is 3. The molecule has 0 aromatic heterocycles. The molecule has 0 spiro atoms. The van der Waals surface area contributed by atoms with Gasteiger partial charge in [0.15, 0.2) is 0 Å². The van der Waals surface area contributed by atoms with E-state index in [4.69, 9.17) is 4.74 Å². The minimum absolute atomic E-state index is 0.0516. The molecule has 4 rings (SSSR count). The number of carbonyl (C=O) groups excluding carboxylic acids is 1. The van der Waals surface area contributed by atoms with Crippen molar-refractivity contribution in [3.63, 3.8) is 0 Å². The molecule has 1 atom stereocenters. The van der Waals surface area contributed by atoms with Crippen molar-refractivity contribution in [1.29, 1.82) is 0 Å². The van der Waals surface area contributed by atoms with Gasteiger partial charge in [-0.3, -0.25) is 0 Å². The number of aliphatic carboxylic acids is 1. The van der Waals surface area contributed by atoms with E-state index < -0.39 is 18.1 Å². The Hall–Kier alpha value is -3.08. The van der Waals surface area contributed by atoms with Gasteiger partial charge < -0.3 is 0 Å². The molecular weight excluding hydrogens is 481 g/mol. The first-order valence-electron chi connectivity index (χ1n) is 11.0. The van der Waals surface area contributed by atoms with Gasteiger partial charge in [0.25, 0.3) is 0 Å². The van der Waals surface area contributed by atoms with E-state index in [1.807, 2.05) is 24.3 Å². The zero-order chi connectivity index (χ0) is 23.2. The van der Waals surface area contributed by atoms with Crippen LogP contribution in [0.3, 0.4) is 0 Å². The van der Waals surface area contributed by atoms with Gasteiger partial charge in [0, 0.05) is 0 Å². The monoisotopic (exact) mass is 509 g/mol. The van der Waals surface area contributed by atoms with Crippen molar-refractivity contribution in [3.8, 4) is 11.1 Å². The molecule has 6 heteroatoms. The van der Waals surface area contributed by atoms with E-state index in [0.717, 1.165) is 32.9 Å². The Morgan fingerprint density at radius 3 is 2.18 bits per heavy atom. The van der Waals surface area contributed by atoms with E-state index in [-0.39, 0.29) is 27.5 Å². The fourth-order valence-corrected chi connectivity index (χ4v) is 6.16. The number of amides is 1. The number of benzene rings is 3. The Kier molecular flexibility index (Phi) is 7.48. The van der Waals surface area contributed by atoms with Crippen molar-refractivity contribution in [2.24, 2.45) is 0 Å². The number of carboxylic acids is 1. The van der Waals surface area contributed by atoms with Gasteiger partial charge in [0.05, 0.1) is 0 Å². The topological polar surface area (TPSA) is 75.6 Å². The zero-order valence-electron chi connectivity index (χ0n) is 18.5. The molecule has 0 saturated heterocycles. The molecule has 170 valence electrons. The van der Waals surface area contributed by atoms with E-state index in [2.05, 4.69) is 60.8 Å². The normalized spacial score (nSPS) is 13.1. The first kappa shape index (κ1) is 23.1. The van der Waals surface area contributed by atoms with Crippen LogP contribution in [0, 0.1) is 6.92 Å². The van der Waals surface area contributed by atoms with E-state index >= 15 is 0 Å². The van der Waals surface area contributed by atoms with Gasteiger partial charge in [-0.15, -0.1) is 0 Å². The number of alkyl carbamates (subject to hydrolysis) is 1.